The average molecular weight is 420 g/mol. The maximum atomic E-state index is 13.6. The van der Waals surface area contributed by atoms with Crippen molar-refractivity contribution in [2.24, 2.45) is 0 Å². The second-order valence-electron chi connectivity index (χ2n) is 8.09. The van der Waals surface area contributed by atoms with Gasteiger partial charge in [0.2, 0.25) is 0 Å². The summed E-state index contributed by atoms with van der Waals surface area (Å²) in [5.74, 6) is 0.0205. The van der Waals surface area contributed by atoms with Gasteiger partial charge in [0.1, 0.15) is 0 Å². The van der Waals surface area contributed by atoms with Gasteiger partial charge in [0, 0.05) is 40.8 Å². The molecule has 158 valence electrons. The fraction of sp³-hybridized carbons (Fsp3) is 0.143. The molecule has 2 heterocycles. The van der Waals surface area contributed by atoms with E-state index < -0.39 is 0 Å². The molecule has 4 nitrogen and oxygen atoms in total. The maximum absolute atomic E-state index is 13.6. The van der Waals surface area contributed by atoms with Crippen LogP contribution in [0.15, 0.2) is 79.1 Å². The van der Waals surface area contributed by atoms with Gasteiger partial charge in [-0.2, -0.15) is 0 Å². The highest BCUT2D eigenvalue weighted by Crippen LogP contribution is 2.32. The molecule has 1 amide bonds. The van der Waals surface area contributed by atoms with E-state index >= 15 is 0 Å². The first-order valence-electron chi connectivity index (χ1n) is 10.9. The predicted molar refractivity (Wildman–Crippen MR) is 132 cm³/mol. The van der Waals surface area contributed by atoms with Gasteiger partial charge in [-0.05, 0) is 73.4 Å². The standard InChI is InChI=1S/C28H25N3O/c1-4-31(27-17-30-26-10-6-5-9-24(26)27)28(32)23-13-12-22(18(2)19(23)3)20-11-14-25-21(16-20)8-7-15-29-25/h5-17,30H,4H2,1-3H3. The zero-order chi connectivity index (χ0) is 22.2. The number of carbonyl (C=O) groups is 1. The molecule has 4 heteroatoms. The molecular weight excluding hydrogens is 394 g/mol. The summed E-state index contributed by atoms with van der Waals surface area (Å²) >= 11 is 0. The van der Waals surface area contributed by atoms with Crippen molar-refractivity contribution in [1.82, 2.24) is 9.97 Å². The Kier molecular flexibility index (Phi) is 4.98. The highest BCUT2D eigenvalue weighted by molar-refractivity contribution is 6.11. The lowest BCUT2D eigenvalue weighted by atomic mass is 9.92. The molecule has 1 N–H and O–H groups in total. The van der Waals surface area contributed by atoms with Gasteiger partial charge in [-0.3, -0.25) is 9.78 Å². The molecule has 0 bridgehead atoms. The van der Waals surface area contributed by atoms with Crippen LogP contribution in [0.3, 0.4) is 0 Å². The molecule has 5 aromatic rings. The van der Waals surface area contributed by atoms with Crippen LogP contribution in [0.1, 0.15) is 28.4 Å². The fourth-order valence-electron chi connectivity index (χ4n) is 4.46. The Morgan fingerprint density at radius 2 is 1.81 bits per heavy atom. The third-order valence-electron chi connectivity index (χ3n) is 6.35. The minimum Gasteiger partial charge on any atom is -0.359 e. The predicted octanol–water partition coefficient (Wildman–Crippen LogP) is 6.67. The Morgan fingerprint density at radius 1 is 0.969 bits per heavy atom. The summed E-state index contributed by atoms with van der Waals surface area (Å²) in [6.07, 6.45) is 3.73. The molecule has 0 atom stereocenters. The number of aromatic nitrogens is 2. The van der Waals surface area contributed by atoms with E-state index in [1.165, 1.54) is 0 Å². The van der Waals surface area contributed by atoms with Crippen LogP contribution in [0, 0.1) is 13.8 Å². The number of pyridine rings is 1. The van der Waals surface area contributed by atoms with Crippen LogP contribution in [-0.2, 0) is 0 Å². The second kappa shape index (κ2) is 7.97. The number of aromatic amines is 1. The lowest BCUT2D eigenvalue weighted by molar-refractivity contribution is 0.0988. The smallest absolute Gasteiger partial charge is 0.258 e. The summed E-state index contributed by atoms with van der Waals surface area (Å²) in [5, 5.41) is 2.16. The first kappa shape index (κ1) is 20.0. The molecule has 0 radical (unpaired) electrons. The Labute approximate surface area is 187 Å². The van der Waals surface area contributed by atoms with E-state index in [9.17, 15) is 4.79 Å². The first-order chi connectivity index (χ1) is 15.6. The Morgan fingerprint density at radius 3 is 2.66 bits per heavy atom. The zero-order valence-corrected chi connectivity index (χ0v) is 18.5. The number of amides is 1. The third-order valence-corrected chi connectivity index (χ3v) is 6.35. The topological polar surface area (TPSA) is 49.0 Å². The highest BCUT2D eigenvalue weighted by atomic mass is 16.2. The lowest BCUT2D eigenvalue weighted by Crippen LogP contribution is -2.31. The van der Waals surface area contributed by atoms with Crippen molar-refractivity contribution in [3.8, 4) is 11.1 Å². The molecule has 0 spiro atoms. The highest BCUT2D eigenvalue weighted by Gasteiger charge is 2.22. The molecule has 32 heavy (non-hydrogen) atoms. The van der Waals surface area contributed by atoms with Crippen LogP contribution in [0.25, 0.3) is 32.9 Å². The zero-order valence-electron chi connectivity index (χ0n) is 18.5. The van der Waals surface area contributed by atoms with Crippen molar-refractivity contribution in [2.45, 2.75) is 20.8 Å². The van der Waals surface area contributed by atoms with Crippen LogP contribution in [0.2, 0.25) is 0 Å². The van der Waals surface area contributed by atoms with E-state index in [0.29, 0.717) is 6.54 Å². The Hall–Kier alpha value is -3.92. The van der Waals surface area contributed by atoms with E-state index in [4.69, 9.17) is 0 Å². The number of anilines is 1. The number of carbonyl (C=O) groups excluding carboxylic acids is 1. The van der Waals surface area contributed by atoms with Crippen molar-refractivity contribution >= 4 is 33.4 Å². The van der Waals surface area contributed by atoms with Gasteiger partial charge in [-0.1, -0.05) is 36.4 Å². The van der Waals surface area contributed by atoms with Crippen LogP contribution >= 0.6 is 0 Å². The minimum atomic E-state index is 0.0205. The van der Waals surface area contributed by atoms with Crippen LogP contribution in [-0.4, -0.2) is 22.4 Å². The average Bonchev–Trinajstić information content (AvgIpc) is 3.25. The summed E-state index contributed by atoms with van der Waals surface area (Å²) < 4.78 is 0. The van der Waals surface area contributed by atoms with E-state index in [1.807, 2.05) is 73.6 Å². The number of nitrogens with one attached hydrogen (secondary N) is 1. The molecule has 0 saturated heterocycles. The van der Waals surface area contributed by atoms with Crippen molar-refractivity contribution in [2.75, 3.05) is 11.4 Å². The quantitative estimate of drug-likeness (QED) is 0.354. The van der Waals surface area contributed by atoms with Crippen molar-refractivity contribution < 1.29 is 4.79 Å². The SMILES string of the molecule is CCN(C(=O)c1ccc(-c2ccc3ncccc3c2)c(C)c1C)c1c[nH]c2ccccc12. The molecule has 5 rings (SSSR count). The number of rotatable bonds is 4. The molecule has 0 fully saturated rings. The van der Waals surface area contributed by atoms with E-state index in [0.717, 1.165) is 55.3 Å². The number of benzene rings is 3. The van der Waals surface area contributed by atoms with Crippen molar-refractivity contribution in [3.63, 3.8) is 0 Å². The van der Waals surface area contributed by atoms with Gasteiger partial charge < -0.3 is 9.88 Å². The van der Waals surface area contributed by atoms with E-state index in [-0.39, 0.29) is 5.91 Å². The van der Waals surface area contributed by atoms with Gasteiger partial charge in [0.15, 0.2) is 0 Å². The third kappa shape index (κ3) is 3.25. The molecule has 0 unspecified atom stereocenters. The van der Waals surface area contributed by atoms with Crippen LogP contribution in [0.5, 0.6) is 0 Å². The maximum Gasteiger partial charge on any atom is 0.258 e. The summed E-state index contributed by atoms with van der Waals surface area (Å²) in [4.78, 5) is 23.2. The van der Waals surface area contributed by atoms with Gasteiger partial charge in [-0.15, -0.1) is 0 Å². The molecule has 0 aliphatic rings. The van der Waals surface area contributed by atoms with Crippen molar-refractivity contribution in [1.29, 1.82) is 0 Å². The summed E-state index contributed by atoms with van der Waals surface area (Å²) in [7, 11) is 0. The van der Waals surface area contributed by atoms with Gasteiger partial charge in [0.05, 0.1) is 11.2 Å². The van der Waals surface area contributed by atoms with Gasteiger partial charge >= 0.3 is 0 Å². The molecule has 0 aliphatic carbocycles. The summed E-state index contributed by atoms with van der Waals surface area (Å²) in [5.41, 5.74) is 8.06. The normalized spacial score (nSPS) is 11.2. The molecule has 0 saturated carbocycles. The van der Waals surface area contributed by atoms with Crippen LogP contribution < -0.4 is 4.90 Å². The summed E-state index contributed by atoms with van der Waals surface area (Å²) in [6, 6.07) is 22.4. The first-order valence-corrected chi connectivity index (χ1v) is 10.9. The Balaban J connectivity index is 1.55. The van der Waals surface area contributed by atoms with Gasteiger partial charge in [-0.25, -0.2) is 0 Å². The largest absolute Gasteiger partial charge is 0.359 e. The fourth-order valence-corrected chi connectivity index (χ4v) is 4.46. The van der Waals surface area contributed by atoms with E-state index in [1.54, 1.807) is 0 Å². The number of hydrogen-bond donors (Lipinski definition) is 1. The monoisotopic (exact) mass is 419 g/mol. The number of nitrogens with zero attached hydrogens (tertiary/aromatic N) is 2. The van der Waals surface area contributed by atoms with Crippen molar-refractivity contribution in [3.05, 3.63) is 95.8 Å². The van der Waals surface area contributed by atoms with E-state index in [2.05, 4.69) is 41.2 Å². The Bertz CT molecular complexity index is 1460. The summed E-state index contributed by atoms with van der Waals surface area (Å²) in [6.45, 7) is 6.74. The molecule has 0 aliphatic heterocycles. The molecule has 2 aromatic heterocycles. The molecular formula is C28H25N3O. The van der Waals surface area contributed by atoms with Crippen LogP contribution in [0.4, 0.5) is 5.69 Å². The van der Waals surface area contributed by atoms with Gasteiger partial charge in [0.25, 0.3) is 5.91 Å². The number of hydrogen-bond acceptors (Lipinski definition) is 2. The number of para-hydroxylation sites is 1. The lowest BCUT2D eigenvalue weighted by Gasteiger charge is -2.22. The number of H-pyrrole nitrogens is 1. The number of fused-ring (bicyclic) bond motifs is 2. The molecule has 3 aromatic carbocycles. The minimum absolute atomic E-state index is 0.0205. The second-order valence-corrected chi connectivity index (χ2v) is 8.09.